The SMILES string of the molecule is CC(C)Oc1ccccc1C#N.O=CO. The molecule has 1 rings (SSSR count). The average molecular weight is 207 g/mol. The molecule has 1 aromatic rings. The third-order valence-electron chi connectivity index (χ3n) is 1.37. The van der Waals surface area contributed by atoms with E-state index in [0.717, 1.165) is 0 Å². The Morgan fingerprint density at radius 1 is 1.47 bits per heavy atom. The molecule has 0 aromatic heterocycles. The first kappa shape index (κ1) is 13.0. The predicted octanol–water partition coefficient (Wildman–Crippen LogP) is 2.05. The van der Waals surface area contributed by atoms with Gasteiger partial charge in [0.2, 0.25) is 0 Å². The second-order valence-corrected chi connectivity index (χ2v) is 2.88. The molecule has 0 radical (unpaired) electrons. The van der Waals surface area contributed by atoms with Crippen molar-refractivity contribution in [3.05, 3.63) is 29.8 Å². The van der Waals surface area contributed by atoms with Crippen LogP contribution < -0.4 is 4.74 Å². The van der Waals surface area contributed by atoms with Gasteiger partial charge in [0.05, 0.1) is 11.7 Å². The van der Waals surface area contributed by atoms with Crippen molar-refractivity contribution in [2.45, 2.75) is 20.0 Å². The highest BCUT2D eigenvalue weighted by atomic mass is 16.5. The first-order valence-electron chi connectivity index (χ1n) is 4.39. The second-order valence-electron chi connectivity index (χ2n) is 2.88. The molecule has 0 bridgehead atoms. The van der Waals surface area contributed by atoms with Crippen LogP contribution in [0.2, 0.25) is 0 Å². The Morgan fingerprint density at radius 3 is 2.47 bits per heavy atom. The molecule has 0 spiro atoms. The summed E-state index contributed by atoms with van der Waals surface area (Å²) in [6.45, 7) is 3.63. The first-order chi connectivity index (χ1) is 7.15. The van der Waals surface area contributed by atoms with Gasteiger partial charge in [0.25, 0.3) is 6.47 Å². The Balaban J connectivity index is 0.000000583. The van der Waals surface area contributed by atoms with E-state index in [1.54, 1.807) is 12.1 Å². The van der Waals surface area contributed by atoms with E-state index < -0.39 is 0 Å². The fourth-order valence-corrected chi connectivity index (χ4v) is 0.916. The maximum absolute atomic E-state index is 8.70. The van der Waals surface area contributed by atoms with Crippen molar-refractivity contribution in [2.75, 3.05) is 0 Å². The van der Waals surface area contributed by atoms with Crippen LogP contribution in [0.25, 0.3) is 0 Å². The summed E-state index contributed by atoms with van der Waals surface area (Å²) in [5.41, 5.74) is 0.589. The molecule has 4 nitrogen and oxygen atoms in total. The van der Waals surface area contributed by atoms with Crippen LogP contribution in [0.3, 0.4) is 0 Å². The number of carboxylic acid groups (broad SMARTS) is 1. The first-order valence-corrected chi connectivity index (χ1v) is 4.39. The predicted molar refractivity (Wildman–Crippen MR) is 55.6 cm³/mol. The normalized spacial score (nSPS) is 8.40. The minimum absolute atomic E-state index is 0.111. The molecular formula is C11H13NO3. The molecule has 0 amide bonds. The van der Waals surface area contributed by atoms with Gasteiger partial charge in [-0.05, 0) is 26.0 Å². The van der Waals surface area contributed by atoms with E-state index >= 15 is 0 Å². The molecule has 15 heavy (non-hydrogen) atoms. The highest BCUT2D eigenvalue weighted by Gasteiger charge is 2.02. The molecule has 4 heteroatoms. The number of hydrogen-bond acceptors (Lipinski definition) is 3. The van der Waals surface area contributed by atoms with Crippen LogP contribution in [0, 0.1) is 11.3 Å². The lowest BCUT2D eigenvalue weighted by atomic mass is 10.2. The summed E-state index contributed by atoms with van der Waals surface area (Å²) in [6.07, 6.45) is 0.111. The second kappa shape index (κ2) is 7.39. The molecule has 0 heterocycles. The Bertz CT molecular complexity index is 342. The molecule has 0 unspecified atom stereocenters. The Hall–Kier alpha value is -2.02. The summed E-state index contributed by atoms with van der Waals surface area (Å²) in [6, 6.07) is 9.31. The van der Waals surface area contributed by atoms with Crippen molar-refractivity contribution < 1.29 is 14.6 Å². The van der Waals surface area contributed by atoms with Gasteiger partial charge >= 0.3 is 0 Å². The van der Waals surface area contributed by atoms with E-state index in [4.69, 9.17) is 19.9 Å². The van der Waals surface area contributed by atoms with E-state index in [-0.39, 0.29) is 12.6 Å². The molecule has 0 aliphatic rings. The number of benzene rings is 1. The van der Waals surface area contributed by atoms with Gasteiger partial charge in [0.1, 0.15) is 11.8 Å². The summed E-state index contributed by atoms with van der Waals surface area (Å²) in [5.74, 6) is 0.662. The molecule has 0 aliphatic carbocycles. The average Bonchev–Trinajstić information content (AvgIpc) is 2.19. The van der Waals surface area contributed by atoms with Gasteiger partial charge in [-0.25, -0.2) is 0 Å². The van der Waals surface area contributed by atoms with Crippen molar-refractivity contribution in [3.8, 4) is 11.8 Å². The lowest BCUT2D eigenvalue weighted by Gasteiger charge is -2.09. The third-order valence-corrected chi connectivity index (χ3v) is 1.37. The van der Waals surface area contributed by atoms with Crippen molar-refractivity contribution in [1.29, 1.82) is 5.26 Å². The standard InChI is InChI=1S/C10H11NO.CH2O2/c1-8(2)12-10-6-4-3-5-9(10)7-11;2-1-3/h3-6,8H,1-2H3;1H,(H,2,3). The van der Waals surface area contributed by atoms with E-state index in [1.165, 1.54) is 0 Å². The van der Waals surface area contributed by atoms with Crippen molar-refractivity contribution >= 4 is 6.47 Å². The highest BCUT2D eigenvalue weighted by molar-refractivity contribution is 5.42. The minimum atomic E-state index is -0.250. The summed E-state index contributed by atoms with van der Waals surface area (Å²) in [4.78, 5) is 8.36. The zero-order chi connectivity index (χ0) is 11.7. The van der Waals surface area contributed by atoms with Crippen LogP contribution in [0.1, 0.15) is 19.4 Å². The lowest BCUT2D eigenvalue weighted by molar-refractivity contribution is -0.122. The molecule has 1 aromatic carbocycles. The van der Waals surface area contributed by atoms with E-state index in [0.29, 0.717) is 11.3 Å². The van der Waals surface area contributed by atoms with Gasteiger partial charge in [-0.1, -0.05) is 12.1 Å². The maximum atomic E-state index is 8.70. The molecule has 0 fully saturated rings. The van der Waals surface area contributed by atoms with Crippen LogP contribution in [-0.2, 0) is 4.79 Å². The van der Waals surface area contributed by atoms with Gasteiger partial charge in [0, 0.05) is 0 Å². The molecule has 0 saturated heterocycles. The molecule has 0 aliphatic heterocycles. The number of carbonyl (C=O) groups is 1. The van der Waals surface area contributed by atoms with Gasteiger partial charge in [-0.2, -0.15) is 5.26 Å². The summed E-state index contributed by atoms with van der Waals surface area (Å²) < 4.78 is 5.41. The quantitative estimate of drug-likeness (QED) is 0.753. The van der Waals surface area contributed by atoms with E-state index in [9.17, 15) is 0 Å². The molecular weight excluding hydrogens is 194 g/mol. The molecule has 0 saturated carbocycles. The van der Waals surface area contributed by atoms with Crippen LogP contribution >= 0.6 is 0 Å². The largest absolute Gasteiger partial charge is 0.490 e. The van der Waals surface area contributed by atoms with Gasteiger partial charge in [0.15, 0.2) is 0 Å². The fraction of sp³-hybridized carbons (Fsp3) is 0.273. The zero-order valence-electron chi connectivity index (χ0n) is 8.68. The van der Waals surface area contributed by atoms with Crippen LogP contribution in [0.4, 0.5) is 0 Å². The monoisotopic (exact) mass is 207 g/mol. The summed E-state index contributed by atoms with van der Waals surface area (Å²) in [5, 5.41) is 15.6. The smallest absolute Gasteiger partial charge is 0.290 e. The van der Waals surface area contributed by atoms with E-state index in [1.807, 2.05) is 26.0 Å². The van der Waals surface area contributed by atoms with Crippen LogP contribution in [0.5, 0.6) is 5.75 Å². The molecule has 1 N–H and O–H groups in total. The number of nitrogens with zero attached hydrogens (tertiary/aromatic N) is 1. The molecule has 0 atom stereocenters. The topological polar surface area (TPSA) is 70.3 Å². The Kier molecular flexibility index (Phi) is 6.39. The summed E-state index contributed by atoms with van der Waals surface area (Å²) >= 11 is 0. The van der Waals surface area contributed by atoms with Gasteiger partial charge in [-0.3, -0.25) is 4.79 Å². The van der Waals surface area contributed by atoms with Crippen molar-refractivity contribution in [2.24, 2.45) is 0 Å². The number of nitriles is 1. The Labute approximate surface area is 88.7 Å². The van der Waals surface area contributed by atoms with Gasteiger partial charge in [-0.15, -0.1) is 0 Å². The fourth-order valence-electron chi connectivity index (χ4n) is 0.916. The van der Waals surface area contributed by atoms with Crippen LogP contribution in [-0.4, -0.2) is 17.7 Å². The van der Waals surface area contributed by atoms with Crippen molar-refractivity contribution in [3.63, 3.8) is 0 Å². The van der Waals surface area contributed by atoms with Crippen LogP contribution in [0.15, 0.2) is 24.3 Å². The lowest BCUT2D eigenvalue weighted by Crippen LogP contribution is -2.06. The number of para-hydroxylation sites is 1. The summed E-state index contributed by atoms with van der Waals surface area (Å²) in [7, 11) is 0. The number of ether oxygens (including phenoxy) is 1. The van der Waals surface area contributed by atoms with Crippen molar-refractivity contribution in [1.82, 2.24) is 0 Å². The minimum Gasteiger partial charge on any atom is -0.490 e. The number of rotatable bonds is 2. The number of hydrogen-bond donors (Lipinski definition) is 1. The maximum Gasteiger partial charge on any atom is 0.290 e. The molecule has 80 valence electrons. The third kappa shape index (κ3) is 5.32. The van der Waals surface area contributed by atoms with E-state index in [2.05, 4.69) is 6.07 Å². The zero-order valence-corrected chi connectivity index (χ0v) is 8.68. The van der Waals surface area contributed by atoms with Gasteiger partial charge < -0.3 is 9.84 Å². The highest BCUT2D eigenvalue weighted by Crippen LogP contribution is 2.17. The Morgan fingerprint density at radius 2 is 2.00 bits per heavy atom.